The summed E-state index contributed by atoms with van der Waals surface area (Å²) in [5.41, 5.74) is 1.45. The summed E-state index contributed by atoms with van der Waals surface area (Å²) in [5, 5.41) is 11.1. The van der Waals surface area contributed by atoms with Crippen LogP contribution in [0.1, 0.15) is 0 Å². The van der Waals surface area contributed by atoms with Crippen molar-refractivity contribution in [2.45, 2.75) is 0 Å². The molecular weight excluding hydrogens is 259 g/mol. The van der Waals surface area contributed by atoms with Gasteiger partial charge in [-0.1, -0.05) is 0 Å². The quantitative estimate of drug-likeness (QED) is 0.791. The Balaban J connectivity index is 2.09. The molecule has 7 heteroatoms. The number of benzene rings is 1. The molecular formula is C13H13FN6. The van der Waals surface area contributed by atoms with Gasteiger partial charge >= 0.3 is 0 Å². The van der Waals surface area contributed by atoms with Crippen molar-refractivity contribution in [1.29, 1.82) is 0 Å². The molecule has 2 aromatic heterocycles. The fourth-order valence-electron chi connectivity index (χ4n) is 2.01. The molecule has 3 rings (SSSR count). The van der Waals surface area contributed by atoms with E-state index in [0.29, 0.717) is 17.4 Å². The predicted molar refractivity (Wildman–Crippen MR) is 74.8 cm³/mol. The molecule has 0 radical (unpaired) electrons. The van der Waals surface area contributed by atoms with Crippen LogP contribution in [0.4, 0.5) is 21.8 Å². The molecule has 0 amide bonds. The van der Waals surface area contributed by atoms with Gasteiger partial charge in [0.15, 0.2) is 5.82 Å². The first kappa shape index (κ1) is 12.3. The Morgan fingerprint density at radius 2 is 1.95 bits per heavy atom. The van der Waals surface area contributed by atoms with E-state index in [1.807, 2.05) is 16.3 Å². The lowest BCUT2D eigenvalue weighted by atomic mass is 10.3. The number of anilines is 3. The van der Waals surface area contributed by atoms with Crippen molar-refractivity contribution in [3.05, 3.63) is 42.5 Å². The molecule has 20 heavy (non-hydrogen) atoms. The Hall–Kier alpha value is -2.70. The zero-order chi connectivity index (χ0) is 14.1. The Morgan fingerprint density at radius 3 is 2.65 bits per heavy atom. The van der Waals surface area contributed by atoms with Crippen molar-refractivity contribution in [2.75, 3.05) is 24.3 Å². The summed E-state index contributed by atoms with van der Waals surface area (Å²) in [6.45, 7) is 0. The molecule has 0 aliphatic carbocycles. The molecule has 2 heterocycles. The number of nitrogens with one attached hydrogen (secondary N) is 1. The maximum atomic E-state index is 13.0. The van der Waals surface area contributed by atoms with Crippen LogP contribution in [0, 0.1) is 5.82 Å². The highest BCUT2D eigenvalue weighted by Gasteiger charge is 2.14. The van der Waals surface area contributed by atoms with E-state index in [1.165, 1.54) is 12.1 Å². The van der Waals surface area contributed by atoms with Crippen molar-refractivity contribution in [3.63, 3.8) is 0 Å². The minimum atomic E-state index is -0.270. The number of aromatic nitrogens is 4. The monoisotopic (exact) mass is 272 g/mol. The summed E-state index contributed by atoms with van der Waals surface area (Å²) in [6.07, 6.45) is 3.45. The maximum absolute atomic E-state index is 13.0. The summed E-state index contributed by atoms with van der Waals surface area (Å²) in [4.78, 5) is 6.17. The summed E-state index contributed by atoms with van der Waals surface area (Å²) in [6, 6.07) is 6.20. The lowest BCUT2D eigenvalue weighted by molar-refractivity contribution is 0.628. The van der Waals surface area contributed by atoms with Gasteiger partial charge in [0.2, 0.25) is 11.6 Å². The molecule has 0 bridgehead atoms. The van der Waals surface area contributed by atoms with Crippen LogP contribution in [0.15, 0.2) is 36.7 Å². The van der Waals surface area contributed by atoms with Gasteiger partial charge in [-0.15, -0.1) is 10.2 Å². The minimum Gasteiger partial charge on any atom is -0.357 e. The van der Waals surface area contributed by atoms with Crippen molar-refractivity contribution >= 4 is 23.1 Å². The highest BCUT2D eigenvalue weighted by molar-refractivity contribution is 5.72. The third kappa shape index (κ3) is 1.93. The smallest absolute Gasteiger partial charge is 0.228 e. The SMILES string of the molecule is CNc1nnc2c(N(C)c3ccc(F)cc3)nccn12. The average Bonchev–Trinajstić information content (AvgIpc) is 2.90. The first-order valence-electron chi connectivity index (χ1n) is 6.07. The largest absolute Gasteiger partial charge is 0.357 e. The molecule has 0 saturated heterocycles. The van der Waals surface area contributed by atoms with Gasteiger partial charge in [0.25, 0.3) is 0 Å². The zero-order valence-electron chi connectivity index (χ0n) is 11.1. The van der Waals surface area contributed by atoms with Crippen LogP contribution in [-0.2, 0) is 0 Å². The van der Waals surface area contributed by atoms with E-state index in [1.54, 1.807) is 31.6 Å². The molecule has 0 aliphatic rings. The Kier molecular flexibility index (Phi) is 2.94. The molecule has 0 atom stereocenters. The highest BCUT2D eigenvalue weighted by Crippen LogP contribution is 2.25. The van der Waals surface area contributed by atoms with E-state index >= 15 is 0 Å². The van der Waals surface area contributed by atoms with Gasteiger partial charge in [0.1, 0.15) is 5.82 Å². The summed E-state index contributed by atoms with van der Waals surface area (Å²) in [7, 11) is 3.63. The Bertz CT molecular complexity index is 736. The standard InChI is InChI=1S/C13H13FN6/c1-15-13-18-17-12-11(16-7-8-20(12)13)19(2)10-5-3-9(14)4-6-10/h3-8H,1-2H3,(H,15,18). The molecule has 0 unspecified atom stereocenters. The molecule has 0 aliphatic heterocycles. The van der Waals surface area contributed by atoms with Crippen molar-refractivity contribution in [1.82, 2.24) is 19.6 Å². The number of nitrogens with zero attached hydrogens (tertiary/aromatic N) is 5. The summed E-state index contributed by atoms with van der Waals surface area (Å²) in [5.74, 6) is 1.01. The van der Waals surface area contributed by atoms with Crippen molar-refractivity contribution in [3.8, 4) is 0 Å². The lowest BCUT2D eigenvalue weighted by Gasteiger charge is -2.18. The summed E-state index contributed by atoms with van der Waals surface area (Å²) >= 11 is 0. The van der Waals surface area contributed by atoms with Crippen LogP contribution in [0.2, 0.25) is 0 Å². The van der Waals surface area contributed by atoms with Crippen LogP contribution < -0.4 is 10.2 Å². The van der Waals surface area contributed by atoms with Gasteiger partial charge in [0.05, 0.1) is 0 Å². The van der Waals surface area contributed by atoms with Gasteiger partial charge in [-0.2, -0.15) is 0 Å². The van der Waals surface area contributed by atoms with Crippen molar-refractivity contribution in [2.24, 2.45) is 0 Å². The number of fused-ring (bicyclic) bond motifs is 1. The van der Waals surface area contributed by atoms with E-state index in [2.05, 4.69) is 20.5 Å². The van der Waals surface area contributed by atoms with Gasteiger partial charge in [0, 0.05) is 32.2 Å². The molecule has 0 saturated carbocycles. The second-order valence-electron chi connectivity index (χ2n) is 4.25. The Morgan fingerprint density at radius 1 is 1.20 bits per heavy atom. The topological polar surface area (TPSA) is 58.4 Å². The van der Waals surface area contributed by atoms with Gasteiger partial charge in [-0.05, 0) is 24.3 Å². The average molecular weight is 272 g/mol. The number of halogens is 1. The number of hydrogen-bond donors (Lipinski definition) is 1. The molecule has 0 spiro atoms. The fourth-order valence-corrected chi connectivity index (χ4v) is 2.01. The van der Waals surface area contributed by atoms with E-state index < -0.39 is 0 Å². The maximum Gasteiger partial charge on any atom is 0.228 e. The number of hydrogen-bond acceptors (Lipinski definition) is 5. The van der Waals surface area contributed by atoms with E-state index in [0.717, 1.165) is 5.69 Å². The predicted octanol–water partition coefficient (Wildman–Crippen LogP) is 2.07. The van der Waals surface area contributed by atoms with Crippen LogP contribution in [0.5, 0.6) is 0 Å². The normalized spacial score (nSPS) is 10.8. The van der Waals surface area contributed by atoms with E-state index in [-0.39, 0.29) is 5.82 Å². The molecule has 6 nitrogen and oxygen atoms in total. The molecule has 0 fully saturated rings. The minimum absolute atomic E-state index is 0.270. The first-order valence-corrected chi connectivity index (χ1v) is 6.07. The van der Waals surface area contributed by atoms with Crippen LogP contribution in [0.25, 0.3) is 5.65 Å². The van der Waals surface area contributed by atoms with E-state index in [9.17, 15) is 4.39 Å². The van der Waals surface area contributed by atoms with Gasteiger partial charge < -0.3 is 10.2 Å². The number of rotatable bonds is 3. The van der Waals surface area contributed by atoms with Crippen LogP contribution >= 0.6 is 0 Å². The van der Waals surface area contributed by atoms with Gasteiger partial charge in [-0.3, -0.25) is 4.40 Å². The Labute approximate surface area is 114 Å². The van der Waals surface area contributed by atoms with Crippen molar-refractivity contribution < 1.29 is 4.39 Å². The van der Waals surface area contributed by atoms with Crippen LogP contribution in [-0.4, -0.2) is 33.7 Å². The van der Waals surface area contributed by atoms with Crippen LogP contribution in [0.3, 0.4) is 0 Å². The highest BCUT2D eigenvalue weighted by atomic mass is 19.1. The second kappa shape index (κ2) is 4.76. The molecule has 3 aromatic rings. The summed E-state index contributed by atoms with van der Waals surface area (Å²) < 4.78 is 14.8. The molecule has 102 valence electrons. The third-order valence-corrected chi connectivity index (χ3v) is 3.06. The molecule has 1 aromatic carbocycles. The second-order valence-corrected chi connectivity index (χ2v) is 4.25. The molecule has 1 N–H and O–H groups in total. The zero-order valence-corrected chi connectivity index (χ0v) is 11.1. The third-order valence-electron chi connectivity index (χ3n) is 3.06. The first-order chi connectivity index (χ1) is 9.70. The van der Waals surface area contributed by atoms with Gasteiger partial charge in [-0.25, -0.2) is 9.37 Å². The fraction of sp³-hybridized carbons (Fsp3) is 0.154. The van der Waals surface area contributed by atoms with E-state index in [4.69, 9.17) is 0 Å². The lowest BCUT2D eigenvalue weighted by Crippen LogP contribution is -2.13.